The first kappa shape index (κ1) is 10.7. The number of nitrogens with one attached hydrogen (secondary N) is 1. The summed E-state index contributed by atoms with van der Waals surface area (Å²) in [7, 11) is 0. The molecule has 0 aliphatic heterocycles. The van der Waals surface area contributed by atoms with Gasteiger partial charge in [0.2, 0.25) is 5.72 Å². The van der Waals surface area contributed by atoms with Crippen molar-refractivity contribution in [3.8, 4) is 0 Å². The second-order valence-corrected chi connectivity index (χ2v) is 3.04. The number of thioether (sulfide) groups is 1. The third-order valence-corrected chi connectivity index (χ3v) is 1.87. The van der Waals surface area contributed by atoms with Crippen LogP contribution in [0.5, 0.6) is 0 Å². The highest BCUT2D eigenvalue weighted by Crippen LogP contribution is 2.08. The van der Waals surface area contributed by atoms with E-state index in [1.807, 2.05) is 11.7 Å². The van der Waals surface area contributed by atoms with Gasteiger partial charge in [-0.05, 0) is 12.0 Å². The van der Waals surface area contributed by atoms with Gasteiger partial charge >= 0.3 is 5.97 Å². The molecule has 0 fully saturated rings. The van der Waals surface area contributed by atoms with Crippen molar-refractivity contribution < 1.29 is 15.0 Å². The summed E-state index contributed by atoms with van der Waals surface area (Å²) in [4.78, 5) is 10.4. The van der Waals surface area contributed by atoms with Crippen LogP contribution in [0.4, 0.5) is 0 Å². The minimum Gasteiger partial charge on any atom is -0.478 e. The van der Waals surface area contributed by atoms with E-state index < -0.39 is 11.7 Å². The van der Waals surface area contributed by atoms with Gasteiger partial charge in [-0.1, -0.05) is 0 Å². The Morgan fingerprint density at radius 1 is 1.82 bits per heavy atom. The minimum absolute atomic E-state index is 0.0833. The van der Waals surface area contributed by atoms with Gasteiger partial charge in [-0.25, -0.2) is 10.2 Å². The molecule has 0 radical (unpaired) electrons. The number of hydrogen-bond acceptors (Lipinski definition) is 5. The lowest BCUT2D eigenvalue weighted by atomic mass is 10.2. The van der Waals surface area contributed by atoms with Gasteiger partial charge < -0.3 is 10.2 Å². The van der Waals surface area contributed by atoms with Crippen LogP contribution in [-0.2, 0) is 4.79 Å². The highest BCUT2D eigenvalue weighted by molar-refractivity contribution is 7.98. The molecule has 0 unspecified atom stereocenters. The molecule has 0 saturated heterocycles. The molecule has 66 valence electrons. The van der Waals surface area contributed by atoms with Gasteiger partial charge in [0.15, 0.2) is 0 Å². The fraction of sp³-hybridized carbons (Fsp3) is 0.800. The molecule has 6 heteroatoms. The predicted octanol–water partition coefficient (Wildman–Crippen LogP) is -1.02. The van der Waals surface area contributed by atoms with Gasteiger partial charge in [-0.3, -0.25) is 5.84 Å². The van der Waals surface area contributed by atoms with Crippen molar-refractivity contribution in [2.24, 2.45) is 5.84 Å². The molecule has 0 rings (SSSR count). The maximum atomic E-state index is 10.4. The van der Waals surface area contributed by atoms with Crippen LogP contribution in [0.25, 0.3) is 0 Å². The van der Waals surface area contributed by atoms with E-state index in [-0.39, 0.29) is 6.42 Å². The zero-order valence-electron chi connectivity index (χ0n) is 6.20. The molecule has 0 aromatic rings. The fourth-order valence-corrected chi connectivity index (χ4v) is 0.990. The van der Waals surface area contributed by atoms with Gasteiger partial charge in [0.05, 0.1) is 0 Å². The second kappa shape index (κ2) is 4.55. The van der Waals surface area contributed by atoms with E-state index in [1.54, 1.807) is 0 Å². The third-order valence-electron chi connectivity index (χ3n) is 1.26. The quantitative estimate of drug-likeness (QED) is 0.246. The lowest BCUT2D eigenvalue weighted by Crippen LogP contribution is -2.55. The van der Waals surface area contributed by atoms with Crippen molar-refractivity contribution in [2.45, 2.75) is 12.1 Å². The van der Waals surface area contributed by atoms with Crippen molar-refractivity contribution >= 4 is 17.7 Å². The van der Waals surface area contributed by atoms with Gasteiger partial charge in [0, 0.05) is 6.42 Å². The second-order valence-electron chi connectivity index (χ2n) is 2.05. The maximum absolute atomic E-state index is 10.4. The Bertz CT molecular complexity index is 144. The van der Waals surface area contributed by atoms with E-state index in [0.717, 1.165) is 0 Å². The number of carboxylic acids is 1. The van der Waals surface area contributed by atoms with Crippen molar-refractivity contribution in [1.29, 1.82) is 0 Å². The third kappa shape index (κ3) is 3.06. The topological polar surface area (TPSA) is 95.6 Å². The van der Waals surface area contributed by atoms with Crippen LogP contribution in [-0.4, -0.2) is 33.9 Å². The molecule has 0 spiro atoms. The zero-order chi connectivity index (χ0) is 8.91. The van der Waals surface area contributed by atoms with Crippen molar-refractivity contribution in [3.05, 3.63) is 0 Å². The van der Waals surface area contributed by atoms with E-state index >= 15 is 0 Å². The van der Waals surface area contributed by atoms with Crippen molar-refractivity contribution in [2.75, 3.05) is 12.0 Å². The van der Waals surface area contributed by atoms with E-state index in [0.29, 0.717) is 5.75 Å². The molecule has 0 heterocycles. The standard InChI is InChI=1S/C5H12N2O3S/c1-11-3-2-5(10,7-6)4(8)9/h7,10H,2-3,6H2,1H3,(H,8,9)/t5-/m1/s1. The molecule has 5 N–H and O–H groups in total. The van der Waals surface area contributed by atoms with E-state index in [1.165, 1.54) is 11.8 Å². The first-order valence-electron chi connectivity index (χ1n) is 2.99. The molecule has 0 amide bonds. The molecule has 0 aliphatic carbocycles. The monoisotopic (exact) mass is 180 g/mol. The Labute approximate surface area is 68.9 Å². The summed E-state index contributed by atoms with van der Waals surface area (Å²) in [6.45, 7) is 0. The molecule has 1 atom stereocenters. The first-order valence-corrected chi connectivity index (χ1v) is 4.38. The largest absolute Gasteiger partial charge is 0.478 e. The highest BCUT2D eigenvalue weighted by Gasteiger charge is 2.33. The smallest absolute Gasteiger partial charge is 0.352 e. The van der Waals surface area contributed by atoms with Crippen LogP contribution in [0, 0.1) is 0 Å². The molecular formula is C5H12N2O3S. The minimum atomic E-state index is -1.98. The Morgan fingerprint density at radius 3 is 2.64 bits per heavy atom. The maximum Gasteiger partial charge on any atom is 0.352 e. The van der Waals surface area contributed by atoms with Crippen LogP contribution in [0.15, 0.2) is 0 Å². The van der Waals surface area contributed by atoms with Gasteiger partial charge in [-0.15, -0.1) is 0 Å². The molecule has 0 aromatic heterocycles. The van der Waals surface area contributed by atoms with Gasteiger partial charge in [-0.2, -0.15) is 11.8 Å². The van der Waals surface area contributed by atoms with Crippen molar-refractivity contribution in [1.82, 2.24) is 5.43 Å². The molecular weight excluding hydrogens is 168 g/mol. The number of aliphatic hydroxyl groups is 1. The zero-order valence-corrected chi connectivity index (χ0v) is 7.02. The number of nitrogens with two attached hydrogens (primary N) is 1. The number of carboxylic acid groups (broad SMARTS) is 1. The summed E-state index contributed by atoms with van der Waals surface area (Å²) in [5.74, 6) is 4.04. The Morgan fingerprint density at radius 2 is 2.36 bits per heavy atom. The van der Waals surface area contributed by atoms with Gasteiger partial charge in [0.25, 0.3) is 0 Å². The number of hydrazine groups is 1. The number of hydrogen-bond donors (Lipinski definition) is 4. The van der Waals surface area contributed by atoms with Crippen molar-refractivity contribution in [3.63, 3.8) is 0 Å². The normalized spacial score (nSPS) is 15.9. The Hall–Kier alpha value is -0.300. The van der Waals surface area contributed by atoms with Crippen LogP contribution >= 0.6 is 11.8 Å². The SMILES string of the molecule is CSCC[C@](O)(NN)C(=O)O. The van der Waals surface area contributed by atoms with Gasteiger partial charge in [0.1, 0.15) is 0 Å². The average molecular weight is 180 g/mol. The lowest BCUT2D eigenvalue weighted by molar-refractivity contribution is -0.162. The van der Waals surface area contributed by atoms with Crippen LogP contribution in [0.2, 0.25) is 0 Å². The van der Waals surface area contributed by atoms with E-state index in [4.69, 9.17) is 10.9 Å². The molecule has 0 aromatic carbocycles. The highest BCUT2D eigenvalue weighted by atomic mass is 32.2. The fourth-order valence-electron chi connectivity index (χ4n) is 0.491. The van der Waals surface area contributed by atoms with E-state index in [2.05, 4.69) is 0 Å². The van der Waals surface area contributed by atoms with Crippen LogP contribution < -0.4 is 11.3 Å². The molecule has 5 nitrogen and oxygen atoms in total. The summed E-state index contributed by atoms with van der Waals surface area (Å²) in [5.41, 5.74) is -0.128. The summed E-state index contributed by atoms with van der Waals surface area (Å²) in [6.07, 6.45) is 1.90. The lowest BCUT2D eigenvalue weighted by Gasteiger charge is -2.21. The number of rotatable bonds is 5. The molecule has 11 heavy (non-hydrogen) atoms. The molecule has 0 saturated carbocycles. The molecule has 0 bridgehead atoms. The number of aliphatic carboxylic acids is 1. The Balaban J connectivity index is 3.99. The summed E-state index contributed by atoms with van der Waals surface area (Å²) >= 11 is 1.44. The Kier molecular flexibility index (Phi) is 4.43. The summed E-state index contributed by atoms with van der Waals surface area (Å²) in [5, 5.41) is 17.6. The van der Waals surface area contributed by atoms with Crippen LogP contribution in [0.3, 0.4) is 0 Å². The van der Waals surface area contributed by atoms with E-state index in [9.17, 15) is 9.90 Å². The average Bonchev–Trinajstić information content (AvgIpc) is 2.00. The summed E-state index contributed by atoms with van der Waals surface area (Å²) < 4.78 is 0. The molecule has 0 aliphatic rings. The first-order chi connectivity index (χ1) is 5.06. The summed E-state index contributed by atoms with van der Waals surface area (Å²) in [6, 6.07) is 0. The van der Waals surface area contributed by atoms with Crippen LogP contribution in [0.1, 0.15) is 6.42 Å². The number of carbonyl (C=O) groups is 1. The predicted molar refractivity (Wildman–Crippen MR) is 42.9 cm³/mol.